The number of nitrogens with zero attached hydrogens (tertiary/aromatic N) is 2. The molecule has 0 unspecified atom stereocenters. The van der Waals surface area contributed by atoms with Gasteiger partial charge in [0, 0.05) is 18.7 Å². The SMILES string of the molecule is C=CCOc1ccc(C(O)=C2C(=O)C(=O)N(CCN(C)C)[C@@H]2c2ccc(OC)cc2)c(C)c1. The highest BCUT2D eigenvalue weighted by atomic mass is 16.5. The lowest BCUT2D eigenvalue weighted by Crippen LogP contribution is -2.35. The summed E-state index contributed by atoms with van der Waals surface area (Å²) < 4.78 is 10.8. The Balaban J connectivity index is 2.11. The van der Waals surface area contributed by atoms with Gasteiger partial charge in [0.15, 0.2) is 0 Å². The van der Waals surface area contributed by atoms with Gasteiger partial charge in [0.2, 0.25) is 0 Å². The first kappa shape index (κ1) is 24.1. The number of Topliss-reactive ketones (excluding diaryl/α,β-unsaturated/α-hetero) is 1. The lowest BCUT2D eigenvalue weighted by Gasteiger charge is -2.26. The largest absolute Gasteiger partial charge is 0.507 e. The zero-order valence-electron chi connectivity index (χ0n) is 19.5. The van der Waals surface area contributed by atoms with E-state index in [9.17, 15) is 14.7 Å². The molecule has 2 aromatic rings. The molecular weight excluding hydrogens is 420 g/mol. The second-order valence-corrected chi connectivity index (χ2v) is 8.15. The van der Waals surface area contributed by atoms with Gasteiger partial charge >= 0.3 is 0 Å². The number of benzene rings is 2. The molecule has 2 aromatic carbocycles. The first-order valence-electron chi connectivity index (χ1n) is 10.7. The maximum absolute atomic E-state index is 13.1. The van der Waals surface area contributed by atoms with E-state index >= 15 is 0 Å². The minimum Gasteiger partial charge on any atom is -0.507 e. The Labute approximate surface area is 194 Å². The van der Waals surface area contributed by atoms with Crippen LogP contribution in [0, 0.1) is 6.92 Å². The smallest absolute Gasteiger partial charge is 0.295 e. The summed E-state index contributed by atoms with van der Waals surface area (Å²) in [5.74, 6) is -0.229. The van der Waals surface area contributed by atoms with Crippen molar-refractivity contribution in [2.75, 3.05) is 40.9 Å². The number of carbonyl (C=O) groups is 2. The summed E-state index contributed by atoms with van der Waals surface area (Å²) in [6.07, 6.45) is 1.65. The number of aliphatic hydroxyl groups excluding tert-OH is 1. The molecule has 1 saturated heterocycles. The van der Waals surface area contributed by atoms with Gasteiger partial charge in [-0.15, -0.1) is 0 Å². The van der Waals surface area contributed by atoms with Gasteiger partial charge in [-0.3, -0.25) is 9.59 Å². The number of hydrogen-bond donors (Lipinski definition) is 1. The van der Waals surface area contributed by atoms with Crippen LogP contribution >= 0.6 is 0 Å². The Morgan fingerprint density at radius 2 is 1.82 bits per heavy atom. The molecule has 1 fully saturated rings. The van der Waals surface area contributed by atoms with Gasteiger partial charge in [-0.1, -0.05) is 24.8 Å². The Morgan fingerprint density at radius 1 is 1.15 bits per heavy atom. The number of hydrogen-bond acceptors (Lipinski definition) is 6. The van der Waals surface area contributed by atoms with Crippen LogP contribution in [0.15, 0.2) is 60.7 Å². The minimum atomic E-state index is -0.702. The topological polar surface area (TPSA) is 79.3 Å². The van der Waals surface area contributed by atoms with Crippen molar-refractivity contribution in [3.63, 3.8) is 0 Å². The van der Waals surface area contributed by atoms with Crippen LogP contribution in [0.3, 0.4) is 0 Å². The van der Waals surface area contributed by atoms with Crippen molar-refractivity contribution in [2.24, 2.45) is 0 Å². The molecule has 1 aliphatic rings. The monoisotopic (exact) mass is 450 g/mol. The average molecular weight is 451 g/mol. The quantitative estimate of drug-likeness (QED) is 0.272. The summed E-state index contributed by atoms with van der Waals surface area (Å²) in [4.78, 5) is 29.6. The molecule has 0 spiro atoms. The van der Waals surface area contributed by atoms with E-state index in [4.69, 9.17) is 9.47 Å². The van der Waals surface area contributed by atoms with Gasteiger partial charge in [0.25, 0.3) is 11.7 Å². The molecular formula is C26H30N2O5. The molecule has 174 valence electrons. The molecule has 1 atom stereocenters. The number of likely N-dealkylation sites (N-methyl/N-ethyl adjacent to an activating group) is 1. The third kappa shape index (κ3) is 5.09. The maximum atomic E-state index is 13.1. The highest BCUT2D eigenvalue weighted by Gasteiger charge is 2.46. The summed E-state index contributed by atoms with van der Waals surface area (Å²) in [5, 5.41) is 11.3. The van der Waals surface area contributed by atoms with Crippen molar-refractivity contribution in [1.29, 1.82) is 0 Å². The lowest BCUT2D eigenvalue weighted by atomic mass is 9.94. The zero-order valence-corrected chi connectivity index (χ0v) is 19.5. The fourth-order valence-electron chi connectivity index (χ4n) is 3.84. The van der Waals surface area contributed by atoms with Gasteiger partial charge in [-0.05, 0) is 62.5 Å². The molecule has 0 radical (unpaired) electrons. The standard InChI is InChI=1S/C26H30N2O5/c1-6-15-33-20-11-12-21(17(2)16-20)24(29)22-23(18-7-9-19(32-5)10-8-18)28(14-13-27(3)4)26(31)25(22)30/h6-12,16,23,29H,1,13-15H2,2-5H3/t23-/m1/s1. The number of ether oxygens (including phenoxy) is 2. The Hall–Kier alpha value is -3.58. The number of ketones is 1. The third-order valence-corrected chi connectivity index (χ3v) is 5.58. The van der Waals surface area contributed by atoms with Crippen LogP contribution in [0.4, 0.5) is 0 Å². The number of aliphatic hydroxyl groups is 1. The second-order valence-electron chi connectivity index (χ2n) is 8.15. The molecule has 33 heavy (non-hydrogen) atoms. The van der Waals surface area contributed by atoms with Crippen molar-refractivity contribution in [2.45, 2.75) is 13.0 Å². The highest BCUT2D eigenvalue weighted by Crippen LogP contribution is 2.40. The molecule has 7 heteroatoms. The molecule has 0 bridgehead atoms. The van der Waals surface area contributed by atoms with Crippen LogP contribution in [0.1, 0.15) is 22.7 Å². The number of aryl methyl sites for hydroxylation is 1. The van der Waals surface area contributed by atoms with E-state index in [1.54, 1.807) is 43.5 Å². The van der Waals surface area contributed by atoms with E-state index in [-0.39, 0.29) is 11.3 Å². The summed E-state index contributed by atoms with van der Waals surface area (Å²) in [6, 6.07) is 11.7. The van der Waals surface area contributed by atoms with Crippen molar-refractivity contribution in [1.82, 2.24) is 9.80 Å². The molecule has 0 aromatic heterocycles. The Kier molecular flexibility index (Phi) is 7.55. The van der Waals surface area contributed by atoms with Crippen LogP contribution in [-0.4, -0.2) is 67.5 Å². The average Bonchev–Trinajstić information content (AvgIpc) is 3.05. The van der Waals surface area contributed by atoms with Crippen molar-refractivity contribution < 1.29 is 24.2 Å². The van der Waals surface area contributed by atoms with E-state index < -0.39 is 17.7 Å². The van der Waals surface area contributed by atoms with Crippen LogP contribution in [0.2, 0.25) is 0 Å². The fourth-order valence-corrected chi connectivity index (χ4v) is 3.84. The van der Waals surface area contributed by atoms with Crippen LogP contribution < -0.4 is 9.47 Å². The van der Waals surface area contributed by atoms with Gasteiger partial charge < -0.3 is 24.4 Å². The minimum absolute atomic E-state index is 0.0757. The highest BCUT2D eigenvalue weighted by molar-refractivity contribution is 6.46. The summed E-state index contributed by atoms with van der Waals surface area (Å²) in [5.41, 5.74) is 2.00. The zero-order chi connectivity index (χ0) is 24.1. The maximum Gasteiger partial charge on any atom is 0.295 e. The molecule has 1 aliphatic heterocycles. The van der Waals surface area contributed by atoms with Gasteiger partial charge in [0.05, 0.1) is 18.7 Å². The molecule has 1 heterocycles. The number of likely N-dealkylation sites (tertiary alicyclic amines) is 1. The lowest BCUT2D eigenvalue weighted by molar-refractivity contribution is -0.140. The third-order valence-electron chi connectivity index (χ3n) is 5.58. The van der Waals surface area contributed by atoms with E-state index in [0.29, 0.717) is 36.8 Å². The number of amides is 1. The van der Waals surface area contributed by atoms with Crippen LogP contribution in [-0.2, 0) is 9.59 Å². The van der Waals surface area contributed by atoms with E-state index in [1.165, 1.54) is 4.90 Å². The normalized spacial score (nSPS) is 17.5. The molecule has 0 saturated carbocycles. The number of methoxy groups -OCH3 is 1. The first-order chi connectivity index (χ1) is 15.8. The van der Waals surface area contributed by atoms with Crippen LogP contribution in [0.5, 0.6) is 11.5 Å². The summed E-state index contributed by atoms with van der Waals surface area (Å²) >= 11 is 0. The van der Waals surface area contributed by atoms with Gasteiger partial charge in [-0.2, -0.15) is 0 Å². The van der Waals surface area contributed by atoms with Gasteiger partial charge in [0.1, 0.15) is 23.9 Å². The Morgan fingerprint density at radius 3 is 2.39 bits per heavy atom. The molecule has 1 N–H and O–H groups in total. The molecule has 0 aliphatic carbocycles. The van der Waals surface area contributed by atoms with E-state index in [0.717, 1.165) is 11.1 Å². The van der Waals surface area contributed by atoms with Crippen molar-refractivity contribution >= 4 is 17.4 Å². The predicted octanol–water partition coefficient (Wildman–Crippen LogP) is 3.55. The second kappa shape index (κ2) is 10.4. The predicted molar refractivity (Wildman–Crippen MR) is 127 cm³/mol. The van der Waals surface area contributed by atoms with Crippen LogP contribution in [0.25, 0.3) is 5.76 Å². The van der Waals surface area contributed by atoms with Gasteiger partial charge in [-0.25, -0.2) is 0 Å². The van der Waals surface area contributed by atoms with Crippen molar-refractivity contribution in [3.05, 3.63) is 77.4 Å². The van der Waals surface area contributed by atoms with Crippen molar-refractivity contribution in [3.8, 4) is 11.5 Å². The Bertz CT molecular complexity index is 1070. The van der Waals surface area contributed by atoms with E-state index in [2.05, 4.69) is 6.58 Å². The number of carbonyl (C=O) groups excluding carboxylic acids is 2. The summed E-state index contributed by atoms with van der Waals surface area (Å²) in [6.45, 7) is 6.74. The molecule has 1 amide bonds. The molecule has 3 rings (SSSR count). The summed E-state index contributed by atoms with van der Waals surface area (Å²) in [7, 11) is 5.38. The van der Waals surface area contributed by atoms with E-state index in [1.807, 2.05) is 38.1 Å². The fraction of sp³-hybridized carbons (Fsp3) is 0.308. The molecule has 7 nitrogen and oxygen atoms in total. The first-order valence-corrected chi connectivity index (χ1v) is 10.7. The number of rotatable bonds is 9.